The van der Waals surface area contributed by atoms with E-state index in [4.69, 9.17) is 14.2 Å². The van der Waals surface area contributed by atoms with E-state index in [9.17, 15) is 14.4 Å². The third kappa shape index (κ3) is 29.1. The molecule has 0 saturated carbocycles. The van der Waals surface area contributed by atoms with E-state index >= 15 is 0 Å². The smallest absolute Gasteiger partial charge is 0.410 e. The first-order chi connectivity index (χ1) is 27.5. The van der Waals surface area contributed by atoms with Crippen LogP contribution in [0.3, 0.4) is 0 Å². The Morgan fingerprint density at radius 1 is 0.491 bits per heavy atom. The molecule has 1 saturated heterocycles. The van der Waals surface area contributed by atoms with Crippen LogP contribution in [-0.4, -0.2) is 54.8 Å². The summed E-state index contributed by atoms with van der Waals surface area (Å²) in [7, 11) is 0. The molecule has 0 aromatic heterocycles. The largest absolute Gasteiger partial charge is 0.465 e. The number of rotatable bonds is 36. The van der Waals surface area contributed by atoms with Crippen molar-refractivity contribution in [2.45, 2.75) is 253 Å². The van der Waals surface area contributed by atoms with Gasteiger partial charge in [0.1, 0.15) is 5.60 Å². The van der Waals surface area contributed by atoms with Crippen molar-refractivity contribution in [2.24, 2.45) is 23.7 Å². The first kappa shape index (κ1) is 53.2. The normalized spacial score (nSPS) is 17.0. The number of carbonyl (C=O) groups is 3. The fourth-order valence-electron chi connectivity index (χ4n) is 8.60. The van der Waals surface area contributed by atoms with E-state index in [1.54, 1.807) is 0 Å². The lowest BCUT2D eigenvalue weighted by molar-refractivity contribution is -0.150. The maximum Gasteiger partial charge on any atom is 0.410 e. The molecule has 7 nitrogen and oxygen atoms in total. The van der Waals surface area contributed by atoms with Gasteiger partial charge in [-0.25, -0.2) is 4.79 Å². The molecule has 1 aliphatic heterocycles. The van der Waals surface area contributed by atoms with Gasteiger partial charge in [-0.2, -0.15) is 0 Å². The number of hydrogen-bond acceptors (Lipinski definition) is 6. The molecule has 4 atom stereocenters. The molecule has 0 bridgehead atoms. The van der Waals surface area contributed by atoms with Gasteiger partial charge in [0.2, 0.25) is 0 Å². The summed E-state index contributed by atoms with van der Waals surface area (Å²) >= 11 is 0. The van der Waals surface area contributed by atoms with Gasteiger partial charge in [-0.05, 0) is 103 Å². The van der Waals surface area contributed by atoms with Crippen molar-refractivity contribution in [3.63, 3.8) is 0 Å². The summed E-state index contributed by atoms with van der Waals surface area (Å²) in [5, 5.41) is 0. The van der Waals surface area contributed by atoms with Gasteiger partial charge < -0.3 is 19.1 Å². The van der Waals surface area contributed by atoms with E-state index in [0.29, 0.717) is 25.0 Å². The summed E-state index contributed by atoms with van der Waals surface area (Å²) in [6.45, 7) is 17.2. The average Bonchev–Trinajstić information content (AvgIpc) is 3.17. The first-order valence-electron chi connectivity index (χ1n) is 24.9. The molecule has 1 fully saturated rings. The second kappa shape index (κ2) is 35.0. The number of carbonyl (C=O) groups excluding carboxylic acids is 3. The van der Waals surface area contributed by atoms with Gasteiger partial charge in [-0.1, -0.05) is 156 Å². The molecule has 0 N–H and O–H groups in total. The van der Waals surface area contributed by atoms with Crippen LogP contribution < -0.4 is 0 Å². The lowest BCUT2D eigenvalue weighted by Crippen LogP contribution is -2.46. The molecule has 336 valence electrons. The zero-order valence-corrected chi connectivity index (χ0v) is 39.0. The van der Waals surface area contributed by atoms with Crippen LogP contribution >= 0.6 is 0 Å². The van der Waals surface area contributed by atoms with Crippen LogP contribution in [0.2, 0.25) is 0 Å². The summed E-state index contributed by atoms with van der Waals surface area (Å²) in [6, 6.07) is 0. The lowest BCUT2D eigenvalue weighted by Gasteiger charge is -2.38. The number of ether oxygens (including phenoxy) is 3. The molecular formula is C50H95NO6. The molecule has 4 unspecified atom stereocenters. The van der Waals surface area contributed by atoms with Crippen molar-refractivity contribution < 1.29 is 28.6 Å². The highest BCUT2D eigenvalue weighted by Gasteiger charge is 2.32. The minimum atomic E-state index is -0.529. The van der Waals surface area contributed by atoms with E-state index in [1.807, 2.05) is 25.7 Å². The first-order valence-corrected chi connectivity index (χ1v) is 24.9. The van der Waals surface area contributed by atoms with Gasteiger partial charge in [0.05, 0.1) is 25.0 Å². The minimum Gasteiger partial charge on any atom is -0.465 e. The van der Waals surface area contributed by atoms with E-state index in [0.717, 1.165) is 109 Å². The highest BCUT2D eigenvalue weighted by molar-refractivity contribution is 5.72. The molecule has 0 radical (unpaired) electrons. The number of piperidine rings is 1. The van der Waals surface area contributed by atoms with Crippen molar-refractivity contribution in [3.8, 4) is 0 Å². The Labute approximate surface area is 353 Å². The predicted molar refractivity (Wildman–Crippen MR) is 240 cm³/mol. The summed E-state index contributed by atoms with van der Waals surface area (Å²) in [6.07, 6.45) is 34.9. The molecule has 1 heterocycles. The number of amides is 1. The lowest BCUT2D eigenvalue weighted by atomic mass is 9.83. The number of esters is 2. The van der Waals surface area contributed by atoms with Crippen molar-refractivity contribution in [1.82, 2.24) is 4.90 Å². The fourth-order valence-corrected chi connectivity index (χ4v) is 8.60. The average molecular weight is 806 g/mol. The standard InChI is InChI=1S/C50H95NO6/c1-8-12-16-20-22-26-36-45(34-24-18-14-10-3)47(52)55-38-30-28-32-43-40-44(42-51(41-43)49(54)57-50(5,6)7)33-29-31-39-56-48(53)46(35-25-19-15-11-4)37-27-23-21-17-13-9-2/h43-46H,8-42H2,1-7H3. The molecular weight excluding hydrogens is 711 g/mol. The maximum atomic E-state index is 13.2. The number of likely N-dealkylation sites (tertiary alicyclic amines) is 1. The Kier molecular flexibility index (Phi) is 32.7. The van der Waals surface area contributed by atoms with Gasteiger partial charge >= 0.3 is 18.0 Å². The summed E-state index contributed by atoms with van der Waals surface area (Å²) in [5.74, 6) is 0.915. The number of unbranched alkanes of at least 4 members (excludes halogenated alkanes) is 18. The van der Waals surface area contributed by atoms with Crippen LogP contribution in [0.5, 0.6) is 0 Å². The monoisotopic (exact) mass is 806 g/mol. The summed E-state index contributed by atoms with van der Waals surface area (Å²) < 4.78 is 17.6. The highest BCUT2D eigenvalue weighted by atomic mass is 16.6. The topological polar surface area (TPSA) is 82.1 Å². The van der Waals surface area contributed by atoms with E-state index in [2.05, 4.69) is 27.7 Å². The van der Waals surface area contributed by atoms with Gasteiger partial charge in [0.15, 0.2) is 0 Å². The van der Waals surface area contributed by atoms with Gasteiger partial charge in [-0.3, -0.25) is 9.59 Å². The number of hydrogen-bond donors (Lipinski definition) is 0. The molecule has 1 aliphatic rings. The molecule has 7 heteroatoms. The van der Waals surface area contributed by atoms with Crippen LogP contribution in [0.15, 0.2) is 0 Å². The van der Waals surface area contributed by atoms with Crippen molar-refractivity contribution in [3.05, 3.63) is 0 Å². The van der Waals surface area contributed by atoms with E-state index in [1.165, 1.54) is 103 Å². The maximum absolute atomic E-state index is 13.2. The Bertz CT molecular complexity index is 916. The molecule has 1 amide bonds. The summed E-state index contributed by atoms with van der Waals surface area (Å²) in [4.78, 5) is 41.5. The van der Waals surface area contributed by atoms with E-state index in [-0.39, 0.29) is 29.9 Å². The zero-order valence-electron chi connectivity index (χ0n) is 39.0. The Balaban J connectivity index is 2.61. The quantitative estimate of drug-likeness (QED) is 0.0356. The second-order valence-electron chi connectivity index (χ2n) is 18.9. The van der Waals surface area contributed by atoms with Crippen LogP contribution in [0.4, 0.5) is 4.79 Å². The third-order valence-electron chi connectivity index (χ3n) is 12.1. The van der Waals surface area contributed by atoms with Crippen molar-refractivity contribution >= 4 is 18.0 Å². The van der Waals surface area contributed by atoms with Gasteiger partial charge in [0, 0.05) is 13.1 Å². The SMILES string of the molecule is CCCCCCCCC(CCCCCC)C(=O)OCCCCC1CC(CCCCOC(=O)C(CCCCCC)CCCCCCCC)CN(C(=O)OC(C)(C)C)C1. The fraction of sp³-hybridized carbons (Fsp3) is 0.940. The van der Waals surface area contributed by atoms with Crippen LogP contribution in [0, 0.1) is 23.7 Å². The molecule has 57 heavy (non-hydrogen) atoms. The molecule has 0 aromatic carbocycles. The van der Waals surface area contributed by atoms with Crippen LogP contribution in [0.25, 0.3) is 0 Å². The van der Waals surface area contributed by atoms with Gasteiger partial charge in [0.25, 0.3) is 0 Å². The molecule has 1 rings (SSSR count). The van der Waals surface area contributed by atoms with Crippen molar-refractivity contribution in [1.29, 1.82) is 0 Å². The molecule has 0 aliphatic carbocycles. The minimum absolute atomic E-state index is 0.0138. The number of nitrogens with zero attached hydrogens (tertiary/aromatic N) is 1. The molecule has 0 spiro atoms. The van der Waals surface area contributed by atoms with Crippen LogP contribution in [-0.2, 0) is 23.8 Å². The Morgan fingerprint density at radius 3 is 1.18 bits per heavy atom. The van der Waals surface area contributed by atoms with Crippen LogP contribution in [0.1, 0.15) is 248 Å². The zero-order chi connectivity index (χ0) is 42.0. The van der Waals surface area contributed by atoms with Crippen molar-refractivity contribution in [2.75, 3.05) is 26.3 Å². The predicted octanol–water partition coefficient (Wildman–Crippen LogP) is 15.0. The highest BCUT2D eigenvalue weighted by Crippen LogP contribution is 2.31. The summed E-state index contributed by atoms with van der Waals surface area (Å²) in [5.41, 5.74) is -0.529. The third-order valence-corrected chi connectivity index (χ3v) is 12.1. The van der Waals surface area contributed by atoms with E-state index < -0.39 is 5.60 Å². The Morgan fingerprint density at radius 2 is 0.825 bits per heavy atom. The second-order valence-corrected chi connectivity index (χ2v) is 18.9. The molecule has 0 aromatic rings. The Hall–Kier alpha value is -1.79. The van der Waals surface area contributed by atoms with Gasteiger partial charge in [-0.15, -0.1) is 0 Å².